The number of ether oxygens (including phenoxy) is 1. The summed E-state index contributed by atoms with van der Waals surface area (Å²) in [5, 5.41) is 1.01. The second-order valence-electron chi connectivity index (χ2n) is 2.81. The minimum atomic E-state index is 0.676. The summed E-state index contributed by atoms with van der Waals surface area (Å²) < 4.78 is 7.08. The zero-order chi connectivity index (χ0) is 10.1. The maximum absolute atomic E-state index is 10.6. The fraction of sp³-hybridized carbons (Fsp3) is 0.100. The van der Waals surface area contributed by atoms with Crippen molar-refractivity contribution >= 4 is 40.3 Å². The molecule has 0 saturated carbocycles. The first-order chi connectivity index (χ1) is 6.76. The van der Waals surface area contributed by atoms with Crippen LogP contribution >= 0.6 is 24.0 Å². The first kappa shape index (κ1) is 9.55. The maximum Gasteiger partial charge on any atom is 0.150 e. The van der Waals surface area contributed by atoms with Gasteiger partial charge in [0.1, 0.15) is 10.5 Å². The van der Waals surface area contributed by atoms with Crippen molar-refractivity contribution in [2.75, 3.05) is 7.11 Å². The highest BCUT2D eigenvalue weighted by Gasteiger charge is 2.09. The number of hydrogen-bond donors (Lipinski definition) is 1. The molecule has 14 heavy (non-hydrogen) atoms. The number of thiophene rings is 1. The monoisotopic (exact) mass is 224 g/mol. The third-order valence-electron chi connectivity index (χ3n) is 1.99. The predicted octanol–water partition coefficient (Wildman–Crippen LogP) is 3.01. The number of carbonyl (C=O) groups excluding carboxylic acids is 1. The summed E-state index contributed by atoms with van der Waals surface area (Å²) in [6, 6.07) is 5.50. The minimum Gasteiger partial charge on any atom is -0.494 e. The number of benzene rings is 1. The molecule has 0 atom stereocenters. The summed E-state index contributed by atoms with van der Waals surface area (Å²) in [6.07, 6.45) is 0.837. The molecular formula is C10H8O2S2. The number of rotatable bonds is 2. The molecule has 2 rings (SSSR count). The number of methoxy groups -OCH3 is 1. The average molecular weight is 224 g/mol. The van der Waals surface area contributed by atoms with Gasteiger partial charge >= 0.3 is 0 Å². The Hall–Kier alpha value is -1.00. The third-order valence-corrected chi connectivity index (χ3v) is 3.40. The summed E-state index contributed by atoms with van der Waals surface area (Å²) in [7, 11) is 1.62. The lowest BCUT2D eigenvalue weighted by Crippen LogP contribution is -1.81. The first-order valence-electron chi connectivity index (χ1n) is 4.01. The second-order valence-corrected chi connectivity index (χ2v) is 4.62. The van der Waals surface area contributed by atoms with Crippen LogP contribution in [-0.2, 0) is 0 Å². The molecule has 0 amide bonds. The van der Waals surface area contributed by atoms with Crippen LogP contribution in [0, 0.1) is 0 Å². The van der Waals surface area contributed by atoms with Crippen LogP contribution in [0.1, 0.15) is 10.4 Å². The average Bonchev–Trinajstić information content (AvgIpc) is 2.51. The van der Waals surface area contributed by atoms with Crippen LogP contribution in [0.2, 0.25) is 0 Å². The van der Waals surface area contributed by atoms with E-state index in [1.54, 1.807) is 13.2 Å². The van der Waals surface area contributed by atoms with E-state index in [4.69, 9.17) is 4.74 Å². The summed E-state index contributed by atoms with van der Waals surface area (Å²) in [6.45, 7) is 0. The summed E-state index contributed by atoms with van der Waals surface area (Å²) in [5.41, 5.74) is 0.676. The van der Waals surface area contributed by atoms with E-state index in [2.05, 4.69) is 12.6 Å². The maximum atomic E-state index is 10.6. The predicted molar refractivity (Wildman–Crippen MR) is 61.0 cm³/mol. The Morgan fingerprint density at radius 2 is 2.29 bits per heavy atom. The number of thiol groups is 1. The highest BCUT2D eigenvalue weighted by Crippen LogP contribution is 2.40. The number of hydrogen-bond acceptors (Lipinski definition) is 4. The van der Waals surface area contributed by atoms with Gasteiger partial charge in [0.25, 0.3) is 0 Å². The fourth-order valence-electron chi connectivity index (χ4n) is 1.35. The van der Waals surface area contributed by atoms with Gasteiger partial charge in [0.2, 0.25) is 0 Å². The van der Waals surface area contributed by atoms with Crippen molar-refractivity contribution in [3.05, 3.63) is 23.8 Å². The zero-order valence-corrected chi connectivity index (χ0v) is 9.19. The van der Waals surface area contributed by atoms with E-state index in [-0.39, 0.29) is 0 Å². The van der Waals surface area contributed by atoms with Gasteiger partial charge in [0.05, 0.1) is 7.11 Å². The number of carbonyl (C=O) groups is 1. The van der Waals surface area contributed by atoms with Crippen LogP contribution in [0.4, 0.5) is 0 Å². The van der Waals surface area contributed by atoms with Crippen LogP contribution in [0.3, 0.4) is 0 Å². The van der Waals surface area contributed by atoms with Gasteiger partial charge in [-0.2, -0.15) is 0 Å². The Bertz CT molecular complexity index is 488. The van der Waals surface area contributed by atoms with E-state index in [1.807, 2.05) is 12.1 Å². The fourth-order valence-corrected chi connectivity index (χ4v) is 2.81. The number of fused-ring (bicyclic) bond motifs is 1. The lowest BCUT2D eigenvalue weighted by molar-refractivity contribution is 0.112. The summed E-state index contributed by atoms with van der Waals surface area (Å²) in [5.74, 6) is 0.783. The molecule has 0 aliphatic heterocycles. The van der Waals surface area contributed by atoms with Crippen LogP contribution < -0.4 is 4.74 Å². The molecular weight excluding hydrogens is 216 g/mol. The van der Waals surface area contributed by atoms with Crippen molar-refractivity contribution in [3.63, 3.8) is 0 Å². The Morgan fingerprint density at radius 1 is 1.50 bits per heavy atom. The van der Waals surface area contributed by atoms with E-state index >= 15 is 0 Å². The van der Waals surface area contributed by atoms with Gasteiger partial charge in [-0.15, -0.1) is 24.0 Å². The van der Waals surface area contributed by atoms with Gasteiger partial charge in [0, 0.05) is 15.6 Å². The zero-order valence-electron chi connectivity index (χ0n) is 7.48. The molecule has 2 nitrogen and oxygen atoms in total. The van der Waals surface area contributed by atoms with Crippen LogP contribution in [-0.4, -0.2) is 13.4 Å². The van der Waals surface area contributed by atoms with Crippen molar-refractivity contribution < 1.29 is 9.53 Å². The first-order valence-corrected chi connectivity index (χ1v) is 5.27. The molecule has 0 radical (unpaired) electrons. The van der Waals surface area contributed by atoms with E-state index in [0.29, 0.717) is 5.56 Å². The molecule has 0 aliphatic rings. The molecule has 1 heterocycles. The Balaban J connectivity index is 2.74. The van der Waals surface area contributed by atoms with Crippen LogP contribution in [0.25, 0.3) is 10.1 Å². The lowest BCUT2D eigenvalue weighted by Gasteiger charge is -1.97. The minimum absolute atomic E-state index is 0.676. The molecule has 0 saturated heterocycles. The van der Waals surface area contributed by atoms with Crippen molar-refractivity contribution in [3.8, 4) is 5.75 Å². The van der Waals surface area contributed by atoms with Crippen molar-refractivity contribution in [2.45, 2.75) is 4.21 Å². The molecule has 0 fully saturated rings. The molecule has 0 bridgehead atoms. The van der Waals surface area contributed by atoms with E-state index in [0.717, 1.165) is 26.3 Å². The van der Waals surface area contributed by atoms with Gasteiger partial charge in [-0.25, -0.2) is 0 Å². The molecule has 2 aromatic rings. The SMILES string of the molecule is COc1c(S)sc2cc(C=O)ccc12. The quantitative estimate of drug-likeness (QED) is 0.627. The van der Waals surface area contributed by atoms with E-state index < -0.39 is 0 Å². The molecule has 0 unspecified atom stereocenters. The number of aldehydes is 1. The van der Waals surface area contributed by atoms with Gasteiger partial charge in [-0.3, -0.25) is 4.79 Å². The molecule has 0 aliphatic carbocycles. The van der Waals surface area contributed by atoms with E-state index in [9.17, 15) is 4.79 Å². The van der Waals surface area contributed by atoms with Gasteiger partial charge in [-0.1, -0.05) is 6.07 Å². The van der Waals surface area contributed by atoms with Crippen molar-refractivity contribution in [2.24, 2.45) is 0 Å². The second kappa shape index (κ2) is 3.63. The largest absolute Gasteiger partial charge is 0.494 e. The lowest BCUT2D eigenvalue weighted by atomic mass is 10.2. The topological polar surface area (TPSA) is 26.3 Å². The normalized spacial score (nSPS) is 10.4. The Kier molecular flexibility index (Phi) is 2.48. The Morgan fingerprint density at radius 3 is 2.93 bits per heavy atom. The van der Waals surface area contributed by atoms with Crippen LogP contribution in [0.5, 0.6) is 5.75 Å². The molecule has 0 N–H and O–H groups in total. The molecule has 4 heteroatoms. The molecule has 0 spiro atoms. The molecule has 1 aromatic heterocycles. The smallest absolute Gasteiger partial charge is 0.150 e. The van der Waals surface area contributed by atoms with Gasteiger partial charge < -0.3 is 4.74 Å². The van der Waals surface area contributed by atoms with Crippen LogP contribution in [0.15, 0.2) is 22.4 Å². The highest BCUT2D eigenvalue weighted by molar-refractivity contribution is 7.83. The van der Waals surface area contributed by atoms with E-state index in [1.165, 1.54) is 11.3 Å². The van der Waals surface area contributed by atoms with Gasteiger partial charge in [0.15, 0.2) is 5.75 Å². The molecule has 72 valence electrons. The highest BCUT2D eigenvalue weighted by atomic mass is 32.2. The summed E-state index contributed by atoms with van der Waals surface area (Å²) in [4.78, 5) is 10.6. The standard InChI is InChI=1S/C10H8O2S2/c1-12-9-7-3-2-6(5-11)4-8(7)14-10(9)13/h2-5,13H,1H3. The van der Waals surface area contributed by atoms with Crippen molar-refractivity contribution in [1.82, 2.24) is 0 Å². The third kappa shape index (κ3) is 1.40. The van der Waals surface area contributed by atoms with Crippen molar-refractivity contribution in [1.29, 1.82) is 0 Å². The molecule has 1 aromatic carbocycles. The Labute approximate surface area is 90.9 Å². The van der Waals surface area contributed by atoms with Gasteiger partial charge in [-0.05, 0) is 12.1 Å². The summed E-state index contributed by atoms with van der Waals surface area (Å²) >= 11 is 5.82.